The molecule has 1 unspecified atom stereocenters. The normalized spacial score (nSPS) is 17.8. The van der Waals surface area contributed by atoms with Crippen molar-refractivity contribution in [1.82, 2.24) is 9.55 Å². The molecule has 7 nitrogen and oxygen atoms in total. The van der Waals surface area contributed by atoms with E-state index in [9.17, 15) is 14.4 Å². The molecule has 1 saturated carbocycles. The van der Waals surface area contributed by atoms with Crippen LogP contribution in [0.1, 0.15) is 53.0 Å². The van der Waals surface area contributed by atoms with Gasteiger partial charge < -0.3 is 15.4 Å². The van der Waals surface area contributed by atoms with Crippen LogP contribution >= 0.6 is 0 Å². The van der Waals surface area contributed by atoms with E-state index in [1.54, 1.807) is 6.20 Å². The van der Waals surface area contributed by atoms with Gasteiger partial charge in [0.15, 0.2) is 0 Å². The van der Waals surface area contributed by atoms with Crippen LogP contribution in [0.2, 0.25) is 0 Å². The Kier molecular flexibility index (Phi) is 5.11. The van der Waals surface area contributed by atoms with E-state index in [0.29, 0.717) is 36.0 Å². The van der Waals surface area contributed by atoms with Crippen molar-refractivity contribution in [3.63, 3.8) is 0 Å². The van der Waals surface area contributed by atoms with Gasteiger partial charge in [-0.15, -0.1) is 0 Å². The third-order valence-corrected chi connectivity index (χ3v) is 5.79. The Morgan fingerprint density at radius 2 is 1.93 bits per heavy atom. The number of rotatable bonds is 8. The maximum atomic E-state index is 12.8. The summed E-state index contributed by atoms with van der Waals surface area (Å²) >= 11 is 0. The first-order valence-electron chi connectivity index (χ1n) is 10.0. The van der Waals surface area contributed by atoms with Gasteiger partial charge in [0.1, 0.15) is 0 Å². The number of primary amides is 1. The lowest BCUT2D eigenvalue weighted by Gasteiger charge is -2.10. The van der Waals surface area contributed by atoms with Crippen molar-refractivity contribution in [2.24, 2.45) is 11.7 Å². The zero-order chi connectivity index (χ0) is 21.4. The van der Waals surface area contributed by atoms with E-state index < -0.39 is 17.7 Å². The van der Waals surface area contributed by atoms with E-state index in [2.05, 4.69) is 4.98 Å². The number of hydrogen-bond acceptors (Lipinski definition) is 4. The third-order valence-electron chi connectivity index (χ3n) is 5.79. The van der Waals surface area contributed by atoms with Crippen molar-refractivity contribution < 1.29 is 19.5 Å². The first kappa shape index (κ1) is 19.8. The Balaban J connectivity index is 1.92. The number of pyridine rings is 1. The second-order valence-electron chi connectivity index (χ2n) is 7.73. The van der Waals surface area contributed by atoms with Crippen LogP contribution in [0.4, 0.5) is 0 Å². The van der Waals surface area contributed by atoms with E-state index in [0.717, 1.165) is 16.8 Å². The molecule has 2 aromatic heterocycles. The van der Waals surface area contributed by atoms with Crippen LogP contribution < -0.4 is 5.73 Å². The average molecular weight is 405 g/mol. The van der Waals surface area contributed by atoms with E-state index in [4.69, 9.17) is 10.8 Å². The summed E-state index contributed by atoms with van der Waals surface area (Å²) in [4.78, 5) is 40.3. The highest BCUT2D eigenvalue weighted by Gasteiger charge is 2.43. The SMILES string of the molecule is CCc1c(C(=O)C(N)=O)c2c(C3C[C@H]3CC(=O)O)nccc2n1Cc1ccccc1. The molecule has 7 heteroatoms. The minimum atomic E-state index is -1.00. The van der Waals surface area contributed by atoms with Crippen LogP contribution in [0.3, 0.4) is 0 Å². The number of fused-ring (bicyclic) bond motifs is 1. The van der Waals surface area contributed by atoms with Gasteiger partial charge >= 0.3 is 5.97 Å². The summed E-state index contributed by atoms with van der Waals surface area (Å²) < 4.78 is 2.04. The molecule has 4 rings (SSSR count). The van der Waals surface area contributed by atoms with Crippen molar-refractivity contribution in [3.05, 3.63) is 65.1 Å². The number of aliphatic carboxylic acids is 1. The number of carboxylic acid groups (broad SMARTS) is 1. The number of carbonyl (C=O) groups is 3. The van der Waals surface area contributed by atoms with E-state index >= 15 is 0 Å². The second kappa shape index (κ2) is 7.74. The molecule has 0 aliphatic heterocycles. The molecule has 1 fully saturated rings. The van der Waals surface area contributed by atoms with Gasteiger partial charge in [0.2, 0.25) is 0 Å². The Morgan fingerprint density at radius 3 is 2.57 bits per heavy atom. The topological polar surface area (TPSA) is 115 Å². The maximum absolute atomic E-state index is 12.8. The number of benzene rings is 1. The molecule has 1 aliphatic rings. The van der Waals surface area contributed by atoms with Gasteiger partial charge in [0.25, 0.3) is 11.7 Å². The predicted octanol–water partition coefficient (Wildman–Crippen LogP) is 2.89. The summed E-state index contributed by atoms with van der Waals surface area (Å²) in [6.45, 7) is 2.48. The molecule has 0 spiro atoms. The number of carbonyl (C=O) groups excluding carboxylic acids is 2. The fourth-order valence-electron chi connectivity index (χ4n) is 4.37. The van der Waals surface area contributed by atoms with E-state index in [1.165, 1.54) is 0 Å². The number of ketones is 1. The summed E-state index contributed by atoms with van der Waals surface area (Å²) in [6.07, 6.45) is 2.99. The molecule has 1 aliphatic carbocycles. The van der Waals surface area contributed by atoms with Gasteiger partial charge in [-0.1, -0.05) is 37.3 Å². The number of nitrogens with zero attached hydrogens (tertiary/aromatic N) is 2. The van der Waals surface area contributed by atoms with Crippen LogP contribution in [0, 0.1) is 5.92 Å². The van der Waals surface area contributed by atoms with E-state index in [-0.39, 0.29) is 18.3 Å². The fraction of sp³-hybridized carbons (Fsp3) is 0.304. The summed E-state index contributed by atoms with van der Waals surface area (Å²) in [5, 5.41) is 9.76. The Labute approximate surface area is 173 Å². The van der Waals surface area contributed by atoms with Gasteiger partial charge in [0, 0.05) is 36.2 Å². The summed E-state index contributed by atoms with van der Waals surface area (Å²) in [6, 6.07) is 11.7. The quantitative estimate of drug-likeness (QED) is 0.442. The first-order chi connectivity index (χ1) is 14.4. The monoisotopic (exact) mass is 405 g/mol. The van der Waals surface area contributed by atoms with Crippen molar-refractivity contribution >= 4 is 28.6 Å². The largest absolute Gasteiger partial charge is 0.481 e. The van der Waals surface area contributed by atoms with Crippen molar-refractivity contribution in [2.45, 2.75) is 38.6 Å². The van der Waals surface area contributed by atoms with Crippen molar-refractivity contribution in [3.8, 4) is 0 Å². The summed E-state index contributed by atoms with van der Waals surface area (Å²) in [7, 11) is 0. The lowest BCUT2D eigenvalue weighted by molar-refractivity contribution is -0.137. The van der Waals surface area contributed by atoms with Crippen LogP contribution in [0.5, 0.6) is 0 Å². The molecular weight excluding hydrogens is 382 g/mol. The smallest absolute Gasteiger partial charge is 0.303 e. The molecule has 30 heavy (non-hydrogen) atoms. The average Bonchev–Trinajstić information content (AvgIpc) is 3.40. The van der Waals surface area contributed by atoms with Crippen molar-refractivity contribution in [2.75, 3.05) is 0 Å². The lowest BCUT2D eigenvalue weighted by Crippen LogP contribution is -2.24. The number of Topliss-reactive ketones (excluding diaryl/α,β-unsaturated/α-hetero) is 1. The van der Waals surface area contributed by atoms with Gasteiger partial charge in [0.05, 0.1) is 16.8 Å². The fourth-order valence-corrected chi connectivity index (χ4v) is 4.37. The number of amides is 1. The minimum absolute atomic E-state index is 0.0142. The zero-order valence-electron chi connectivity index (χ0n) is 16.7. The first-order valence-corrected chi connectivity index (χ1v) is 10.0. The Morgan fingerprint density at radius 1 is 1.20 bits per heavy atom. The van der Waals surface area contributed by atoms with Gasteiger partial charge in [-0.05, 0) is 30.4 Å². The number of aromatic nitrogens is 2. The van der Waals surface area contributed by atoms with E-state index in [1.807, 2.05) is 47.9 Å². The van der Waals surface area contributed by atoms with Gasteiger partial charge in [-0.25, -0.2) is 0 Å². The Bertz CT molecular complexity index is 1150. The minimum Gasteiger partial charge on any atom is -0.481 e. The zero-order valence-corrected chi connectivity index (χ0v) is 16.7. The molecular formula is C23H23N3O4. The van der Waals surface area contributed by atoms with Crippen LogP contribution in [0.25, 0.3) is 10.9 Å². The predicted molar refractivity (Wildman–Crippen MR) is 111 cm³/mol. The van der Waals surface area contributed by atoms with Gasteiger partial charge in [-0.2, -0.15) is 0 Å². The molecule has 1 aromatic carbocycles. The molecule has 3 aromatic rings. The summed E-state index contributed by atoms with van der Waals surface area (Å²) in [5.41, 5.74) is 8.99. The molecule has 0 bridgehead atoms. The second-order valence-corrected chi connectivity index (χ2v) is 7.73. The number of hydrogen-bond donors (Lipinski definition) is 2. The highest BCUT2D eigenvalue weighted by atomic mass is 16.4. The van der Waals surface area contributed by atoms with Crippen molar-refractivity contribution in [1.29, 1.82) is 0 Å². The molecule has 2 atom stereocenters. The number of nitrogens with two attached hydrogens (primary N) is 1. The third kappa shape index (κ3) is 3.47. The van der Waals surface area contributed by atoms with Crippen LogP contribution in [-0.4, -0.2) is 32.3 Å². The molecule has 0 radical (unpaired) electrons. The van der Waals surface area contributed by atoms with Crippen LogP contribution in [-0.2, 0) is 22.6 Å². The summed E-state index contributed by atoms with van der Waals surface area (Å²) in [5.74, 6) is -2.63. The standard InChI is InChI=1S/C23H23N3O4/c1-2-16-20(22(29)23(24)30)19-17(26(16)12-13-6-4-3-5-7-13)8-9-25-21(19)15-10-14(15)11-18(27)28/h3-9,14-15H,2,10-12H2,1H3,(H2,24,30)(H,27,28)/t14-,15?/m0/s1. The highest BCUT2D eigenvalue weighted by Crippen LogP contribution is 2.51. The molecule has 2 heterocycles. The highest BCUT2D eigenvalue weighted by molar-refractivity contribution is 6.45. The molecule has 3 N–H and O–H groups in total. The number of carboxylic acids is 1. The maximum Gasteiger partial charge on any atom is 0.303 e. The lowest BCUT2D eigenvalue weighted by atomic mass is 10.0. The van der Waals surface area contributed by atoms with Gasteiger partial charge in [-0.3, -0.25) is 19.4 Å². The molecule has 1 amide bonds. The Hall–Kier alpha value is -3.48. The molecule has 0 saturated heterocycles. The molecule has 154 valence electrons. The van der Waals surface area contributed by atoms with Crippen LogP contribution in [0.15, 0.2) is 42.6 Å².